The molecule has 0 aliphatic carbocycles. The molecule has 3 rings (SSSR count). The van der Waals surface area contributed by atoms with Gasteiger partial charge in [-0.25, -0.2) is 4.79 Å². The van der Waals surface area contributed by atoms with Gasteiger partial charge in [-0.15, -0.1) is 0 Å². The predicted molar refractivity (Wildman–Crippen MR) is 107 cm³/mol. The molecule has 0 saturated carbocycles. The number of rotatable bonds is 5. The molecule has 3 aromatic rings. The van der Waals surface area contributed by atoms with E-state index in [1.54, 1.807) is 19.1 Å². The van der Waals surface area contributed by atoms with E-state index >= 15 is 0 Å². The summed E-state index contributed by atoms with van der Waals surface area (Å²) in [5.74, 6) is -0.896. The molecule has 0 heterocycles. The van der Waals surface area contributed by atoms with Crippen molar-refractivity contribution in [3.8, 4) is 11.1 Å². The van der Waals surface area contributed by atoms with Crippen molar-refractivity contribution in [3.05, 3.63) is 90.0 Å². The van der Waals surface area contributed by atoms with Crippen molar-refractivity contribution in [3.63, 3.8) is 0 Å². The first-order chi connectivity index (χ1) is 13.0. The van der Waals surface area contributed by atoms with Crippen LogP contribution in [0.5, 0.6) is 0 Å². The molecule has 0 spiro atoms. The Labute approximate surface area is 158 Å². The van der Waals surface area contributed by atoms with Crippen LogP contribution in [0.25, 0.3) is 11.1 Å². The Kier molecular flexibility index (Phi) is 5.67. The second-order valence-electron chi connectivity index (χ2n) is 6.31. The highest BCUT2D eigenvalue weighted by atomic mass is 16.5. The standard InChI is InChI=1S/C23H21NO3/c1-16-12-14-19(15-13-16)23(26)27-17(2)22(25)24-21-11-7-6-10-20(21)18-8-4-3-5-9-18/h3-15,17H,1-2H3,(H,24,25)/t17-/m1/s1. The van der Waals surface area contributed by atoms with Crippen molar-refractivity contribution in [1.82, 2.24) is 0 Å². The second kappa shape index (κ2) is 8.32. The number of hydrogen-bond acceptors (Lipinski definition) is 3. The molecule has 1 atom stereocenters. The molecule has 136 valence electrons. The number of nitrogens with one attached hydrogen (secondary N) is 1. The fraction of sp³-hybridized carbons (Fsp3) is 0.130. The van der Waals surface area contributed by atoms with E-state index in [0.717, 1.165) is 16.7 Å². The normalized spacial score (nSPS) is 11.5. The fourth-order valence-electron chi connectivity index (χ4n) is 2.67. The zero-order valence-corrected chi connectivity index (χ0v) is 15.3. The first-order valence-electron chi connectivity index (χ1n) is 8.77. The quantitative estimate of drug-likeness (QED) is 0.663. The van der Waals surface area contributed by atoms with Crippen molar-refractivity contribution in [2.45, 2.75) is 20.0 Å². The van der Waals surface area contributed by atoms with E-state index in [1.165, 1.54) is 0 Å². The SMILES string of the molecule is Cc1ccc(C(=O)O[C@H](C)C(=O)Nc2ccccc2-c2ccccc2)cc1. The van der Waals surface area contributed by atoms with Crippen molar-refractivity contribution in [2.75, 3.05) is 5.32 Å². The van der Waals surface area contributed by atoms with E-state index in [9.17, 15) is 9.59 Å². The summed E-state index contributed by atoms with van der Waals surface area (Å²) in [6.07, 6.45) is -0.914. The lowest BCUT2D eigenvalue weighted by atomic mass is 10.0. The number of anilines is 1. The maximum atomic E-state index is 12.5. The van der Waals surface area contributed by atoms with Crippen LogP contribution in [0.4, 0.5) is 5.69 Å². The van der Waals surface area contributed by atoms with Gasteiger partial charge in [0, 0.05) is 11.3 Å². The predicted octanol–water partition coefficient (Wildman–Crippen LogP) is 4.85. The summed E-state index contributed by atoms with van der Waals surface area (Å²) in [7, 11) is 0. The number of carbonyl (C=O) groups excluding carboxylic acids is 2. The third-order valence-electron chi connectivity index (χ3n) is 4.21. The molecule has 1 N–H and O–H groups in total. The van der Waals surface area contributed by atoms with E-state index in [-0.39, 0.29) is 5.91 Å². The molecule has 4 nitrogen and oxygen atoms in total. The second-order valence-corrected chi connectivity index (χ2v) is 6.31. The molecule has 0 saturated heterocycles. The maximum absolute atomic E-state index is 12.5. The summed E-state index contributed by atoms with van der Waals surface area (Å²) >= 11 is 0. The van der Waals surface area contributed by atoms with E-state index < -0.39 is 12.1 Å². The number of carbonyl (C=O) groups is 2. The summed E-state index contributed by atoms with van der Waals surface area (Å²) in [4.78, 5) is 24.7. The van der Waals surface area contributed by atoms with Crippen LogP contribution in [0.15, 0.2) is 78.9 Å². The average Bonchev–Trinajstić information content (AvgIpc) is 2.69. The topological polar surface area (TPSA) is 55.4 Å². The zero-order chi connectivity index (χ0) is 19.2. The van der Waals surface area contributed by atoms with Gasteiger partial charge in [0.2, 0.25) is 0 Å². The van der Waals surface area contributed by atoms with Crippen molar-refractivity contribution in [2.24, 2.45) is 0 Å². The summed E-state index contributed by atoms with van der Waals surface area (Å²) in [5, 5.41) is 2.86. The van der Waals surface area contributed by atoms with Crippen LogP contribution in [-0.4, -0.2) is 18.0 Å². The molecular formula is C23H21NO3. The van der Waals surface area contributed by atoms with Gasteiger partial charge in [-0.1, -0.05) is 66.2 Å². The minimum atomic E-state index is -0.914. The smallest absolute Gasteiger partial charge is 0.338 e. The Morgan fingerprint density at radius 1 is 0.852 bits per heavy atom. The van der Waals surface area contributed by atoms with Crippen LogP contribution in [0.3, 0.4) is 0 Å². The zero-order valence-electron chi connectivity index (χ0n) is 15.3. The number of amides is 1. The number of hydrogen-bond donors (Lipinski definition) is 1. The number of ether oxygens (including phenoxy) is 1. The van der Waals surface area contributed by atoms with Gasteiger partial charge in [-0.05, 0) is 37.6 Å². The minimum Gasteiger partial charge on any atom is -0.449 e. The fourth-order valence-corrected chi connectivity index (χ4v) is 2.67. The van der Waals surface area contributed by atoms with Crippen LogP contribution in [-0.2, 0) is 9.53 Å². The molecule has 0 aliphatic heterocycles. The van der Waals surface area contributed by atoms with Crippen LogP contribution in [0, 0.1) is 6.92 Å². The number of benzene rings is 3. The van der Waals surface area contributed by atoms with Crippen molar-refractivity contribution in [1.29, 1.82) is 0 Å². The minimum absolute atomic E-state index is 0.376. The lowest BCUT2D eigenvalue weighted by Crippen LogP contribution is -2.30. The number of esters is 1. The Bertz CT molecular complexity index is 933. The van der Waals surface area contributed by atoms with E-state index in [2.05, 4.69) is 5.32 Å². The van der Waals surface area contributed by atoms with Gasteiger partial charge in [0.1, 0.15) is 0 Å². The van der Waals surface area contributed by atoms with Gasteiger partial charge < -0.3 is 10.1 Å². The largest absolute Gasteiger partial charge is 0.449 e. The number of aryl methyl sites for hydroxylation is 1. The van der Waals surface area contributed by atoms with Gasteiger partial charge in [0.15, 0.2) is 6.10 Å². The van der Waals surface area contributed by atoms with Crippen molar-refractivity contribution >= 4 is 17.6 Å². The first kappa shape index (κ1) is 18.4. The summed E-state index contributed by atoms with van der Waals surface area (Å²) < 4.78 is 5.30. The van der Waals surface area contributed by atoms with Gasteiger partial charge >= 0.3 is 5.97 Å². The summed E-state index contributed by atoms with van der Waals surface area (Å²) in [5.41, 5.74) is 4.05. The highest BCUT2D eigenvalue weighted by molar-refractivity contribution is 5.99. The maximum Gasteiger partial charge on any atom is 0.338 e. The Balaban J connectivity index is 1.70. The average molecular weight is 359 g/mol. The molecule has 0 unspecified atom stereocenters. The van der Waals surface area contributed by atoms with Crippen LogP contribution >= 0.6 is 0 Å². The van der Waals surface area contributed by atoms with Gasteiger partial charge in [0.25, 0.3) is 5.91 Å². The van der Waals surface area contributed by atoms with Gasteiger partial charge in [-0.3, -0.25) is 4.79 Å². The van der Waals surface area contributed by atoms with Crippen molar-refractivity contribution < 1.29 is 14.3 Å². The first-order valence-corrected chi connectivity index (χ1v) is 8.77. The summed E-state index contributed by atoms with van der Waals surface area (Å²) in [6, 6.07) is 24.4. The van der Waals surface area contributed by atoms with E-state index in [0.29, 0.717) is 11.3 Å². The highest BCUT2D eigenvalue weighted by Gasteiger charge is 2.20. The molecule has 0 radical (unpaired) electrons. The molecule has 27 heavy (non-hydrogen) atoms. The summed E-state index contributed by atoms with van der Waals surface area (Å²) in [6.45, 7) is 3.50. The lowest BCUT2D eigenvalue weighted by Gasteiger charge is -2.16. The van der Waals surface area contributed by atoms with Gasteiger partial charge in [-0.2, -0.15) is 0 Å². The third kappa shape index (κ3) is 4.61. The molecule has 0 aromatic heterocycles. The Morgan fingerprint density at radius 3 is 2.19 bits per heavy atom. The Morgan fingerprint density at radius 2 is 1.48 bits per heavy atom. The lowest BCUT2D eigenvalue weighted by molar-refractivity contribution is -0.123. The molecule has 1 amide bonds. The van der Waals surface area contributed by atoms with Crippen LogP contribution < -0.4 is 5.32 Å². The molecule has 0 aliphatic rings. The third-order valence-corrected chi connectivity index (χ3v) is 4.21. The monoisotopic (exact) mass is 359 g/mol. The van der Waals surface area contributed by atoms with E-state index in [1.807, 2.05) is 73.7 Å². The van der Waals surface area contributed by atoms with Gasteiger partial charge in [0.05, 0.1) is 5.56 Å². The van der Waals surface area contributed by atoms with Crippen LogP contribution in [0.1, 0.15) is 22.8 Å². The number of para-hydroxylation sites is 1. The molecule has 0 fully saturated rings. The molecule has 0 bridgehead atoms. The highest BCUT2D eigenvalue weighted by Crippen LogP contribution is 2.27. The molecule has 3 aromatic carbocycles. The molecular weight excluding hydrogens is 338 g/mol. The van der Waals surface area contributed by atoms with E-state index in [4.69, 9.17) is 4.74 Å². The molecule has 4 heteroatoms. The van der Waals surface area contributed by atoms with Crippen LogP contribution in [0.2, 0.25) is 0 Å². The Hall–Kier alpha value is -3.40.